The molecule has 15 nitrogen and oxygen atoms in total. The topological polar surface area (TPSA) is 177 Å². The molecule has 0 saturated carbocycles. The van der Waals surface area contributed by atoms with Crippen LogP contribution < -0.4 is 0 Å². The van der Waals surface area contributed by atoms with Crippen molar-refractivity contribution in [1.82, 2.24) is 14.7 Å². The largest absolute Gasteiger partial charge is 0.510 e. The van der Waals surface area contributed by atoms with Gasteiger partial charge >= 0.3 is 0 Å². The van der Waals surface area contributed by atoms with E-state index in [0.29, 0.717) is 78.9 Å². The van der Waals surface area contributed by atoms with Crippen molar-refractivity contribution in [3.8, 4) is 0 Å². The number of methoxy groups -OCH3 is 3. The Kier molecular flexibility index (Phi) is 23.2. The number of nitrogens with zero attached hydrogens (tertiary/aromatic N) is 3. The number of aliphatic hydroxyl groups is 3. The third-order valence-electron chi connectivity index (χ3n) is 5.72. The standard InChI is InChI=1S/3C9H15NO4.Fe/c3*1-13-7-8(11)6-9(12)10-2-4-14-5-3-10;/h3*6,11H,2-5,7H2,1H3;. The van der Waals surface area contributed by atoms with Gasteiger partial charge in [0.25, 0.3) is 0 Å². The first kappa shape index (κ1) is 40.3. The molecule has 0 aromatic heterocycles. The van der Waals surface area contributed by atoms with Crippen LogP contribution in [-0.2, 0) is 59.9 Å². The molecule has 0 aliphatic carbocycles. The number of rotatable bonds is 9. The molecule has 0 radical (unpaired) electrons. The van der Waals surface area contributed by atoms with Crippen molar-refractivity contribution in [2.24, 2.45) is 0 Å². The van der Waals surface area contributed by atoms with Gasteiger partial charge in [0.05, 0.1) is 39.6 Å². The molecule has 3 fully saturated rings. The van der Waals surface area contributed by atoms with Crippen LogP contribution in [0.25, 0.3) is 0 Å². The van der Waals surface area contributed by atoms with Crippen molar-refractivity contribution < 1.29 is 75.2 Å². The van der Waals surface area contributed by atoms with Crippen LogP contribution in [0.4, 0.5) is 0 Å². The summed E-state index contributed by atoms with van der Waals surface area (Å²) in [4.78, 5) is 39.3. The summed E-state index contributed by atoms with van der Waals surface area (Å²) in [7, 11) is 4.38. The third kappa shape index (κ3) is 18.6. The molecule has 0 unspecified atom stereocenters. The second-order valence-electron chi connectivity index (χ2n) is 9.02. The first-order valence-corrected chi connectivity index (χ1v) is 13.5. The Morgan fingerprint density at radius 3 is 0.930 bits per heavy atom. The summed E-state index contributed by atoms with van der Waals surface area (Å²) in [5, 5.41) is 27.6. The molecule has 3 amide bonds. The van der Waals surface area contributed by atoms with Gasteiger partial charge in [0, 0.05) is 95.9 Å². The van der Waals surface area contributed by atoms with E-state index in [1.54, 1.807) is 14.7 Å². The fourth-order valence-corrected chi connectivity index (χ4v) is 3.62. The van der Waals surface area contributed by atoms with Crippen LogP contribution in [0.5, 0.6) is 0 Å². The number of amides is 3. The van der Waals surface area contributed by atoms with Gasteiger partial charge in [0.1, 0.15) is 37.1 Å². The molecule has 16 heteroatoms. The molecule has 3 N–H and O–H groups in total. The fraction of sp³-hybridized carbons (Fsp3) is 0.667. The number of carbonyl (C=O) groups excluding carboxylic acids is 3. The number of aliphatic hydroxyl groups excluding tert-OH is 3. The molecule has 43 heavy (non-hydrogen) atoms. The van der Waals surface area contributed by atoms with Gasteiger partial charge in [0.2, 0.25) is 17.7 Å². The number of hydrogen-bond donors (Lipinski definition) is 3. The summed E-state index contributed by atoms with van der Waals surface area (Å²) >= 11 is 0. The molecule has 248 valence electrons. The Morgan fingerprint density at radius 1 is 0.535 bits per heavy atom. The molecule has 3 rings (SSSR count). The van der Waals surface area contributed by atoms with Gasteiger partial charge in [-0.1, -0.05) is 0 Å². The normalized spacial score (nSPS) is 17.9. The van der Waals surface area contributed by atoms with Crippen LogP contribution in [0, 0.1) is 0 Å². The smallest absolute Gasteiger partial charge is 0.250 e. The number of morpholine rings is 3. The molecule has 0 atom stereocenters. The summed E-state index contributed by atoms with van der Waals surface area (Å²) in [6.45, 7) is 7.03. The van der Waals surface area contributed by atoms with E-state index in [2.05, 4.69) is 14.2 Å². The van der Waals surface area contributed by atoms with Gasteiger partial charge in [-0.15, -0.1) is 0 Å². The molecule has 3 aliphatic heterocycles. The molecular weight excluding hydrogens is 614 g/mol. The zero-order valence-electron chi connectivity index (χ0n) is 25.0. The minimum atomic E-state index is -0.192. The summed E-state index contributed by atoms with van der Waals surface area (Å²) in [6.07, 6.45) is 3.57. The number of carbonyl (C=O) groups is 3. The maximum Gasteiger partial charge on any atom is 0.250 e. The molecule has 3 heterocycles. The van der Waals surface area contributed by atoms with E-state index >= 15 is 0 Å². The van der Waals surface area contributed by atoms with Crippen molar-refractivity contribution in [3.63, 3.8) is 0 Å². The number of ether oxygens (including phenoxy) is 6. The molecule has 3 aliphatic rings. The zero-order chi connectivity index (χ0) is 31.2. The van der Waals surface area contributed by atoms with Gasteiger partial charge in [-0.2, -0.15) is 0 Å². The van der Waals surface area contributed by atoms with Crippen molar-refractivity contribution in [3.05, 3.63) is 35.5 Å². The Morgan fingerprint density at radius 2 is 0.744 bits per heavy atom. The Labute approximate surface area is 263 Å². The van der Waals surface area contributed by atoms with Gasteiger partial charge in [-0.05, 0) is 0 Å². The fourth-order valence-electron chi connectivity index (χ4n) is 3.62. The summed E-state index contributed by atoms with van der Waals surface area (Å²) in [5.74, 6) is -0.731. The van der Waals surface area contributed by atoms with E-state index < -0.39 is 0 Å². The van der Waals surface area contributed by atoms with Gasteiger partial charge in [-0.25, -0.2) is 0 Å². The summed E-state index contributed by atoms with van der Waals surface area (Å²) in [6, 6.07) is 0. The Balaban J connectivity index is 0.000000608. The molecule has 0 spiro atoms. The van der Waals surface area contributed by atoms with Crippen molar-refractivity contribution >= 4 is 17.7 Å². The number of hydrogen-bond acceptors (Lipinski definition) is 12. The van der Waals surface area contributed by atoms with E-state index in [-0.39, 0.29) is 71.9 Å². The van der Waals surface area contributed by atoms with Crippen LogP contribution in [0.15, 0.2) is 35.5 Å². The molecule has 0 aromatic carbocycles. The van der Waals surface area contributed by atoms with E-state index in [4.69, 9.17) is 14.2 Å². The predicted molar refractivity (Wildman–Crippen MR) is 150 cm³/mol. The minimum Gasteiger partial charge on any atom is -0.510 e. The van der Waals surface area contributed by atoms with Crippen LogP contribution >= 0.6 is 0 Å². The predicted octanol–water partition coefficient (Wildman–Crippen LogP) is -0.202. The van der Waals surface area contributed by atoms with E-state index in [9.17, 15) is 29.7 Å². The van der Waals surface area contributed by atoms with Crippen molar-refractivity contribution in [2.75, 3.05) is 120 Å². The third-order valence-corrected chi connectivity index (χ3v) is 5.72. The van der Waals surface area contributed by atoms with E-state index in [0.717, 1.165) is 0 Å². The van der Waals surface area contributed by atoms with Crippen LogP contribution in [0.1, 0.15) is 0 Å². The molecule has 0 aromatic rings. The average molecular weight is 660 g/mol. The monoisotopic (exact) mass is 659 g/mol. The van der Waals surface area contributed by atoms with Crippen LogP contribution in [0.3, 0.4) is 0 Å². The Bertz CT molecular complexity index is 784. The molecule has 0 bridgehead atoms. The summed E-state index contributed by atoms with van der Waals surface area (Å²) < 4.78 is 29.3. The van der Waals surface area contributed by atoms with Gasteiger partial charge in [-0.3, -0.25) is 14.4 Å². The molecular formula is C27H45FeN3O12. The van der Waals surface area contributed by atoms with E-state index in [1.165, 1.54) is 39.6 Å². The van der Waals surface area contributed by atoms with Gasteiger partial charge in [0.15, 0.2) is 0 Å². The first-order chi connectivity index (χ1) is 20.2. The second kappa shape index (κ2) is 24.7. The quantitative estimate of drug-likeness (QED) is 0.169. The first-order valence-electron chi connectivity index (χ1n) is 13.5. The van der Waals surface area contributed by atoms with E-state index in [1.807, 2.05) is 0 Å². The average Bonchev–Trinajstić information content (AvgIpc) is 2.99. The summed E-state index contributed by atoms with van der Waals surface area (Å²) in [5.41, 5.74) is 0. The Hall–Kier alpha value is -2.69. The maximum absolute atomic E-state index is 11.5. The van der Waals surface area contributed by atoms with Crippen LogP contribution in [0.2, 0.25) is 0 Å². The van der Waals surface area contributed by atoms with Crippen LogP contribution in [-0.4, -0.2) is 168 Å². The van der Waals surface area contributed by atoms with Gasteiger partial charge < -0.3 is 58.4 Å². The second-order valence-corrected chi connectivity index (χ2v) is 9.02. The van der Waals surface area contributed by atoms with Crippen molar-refractivity contribution in [2.45, 2.75) is 0 Å². The van der Waals surface area contributed by atoms with Crippen molar-refractivity contribution in [1.29, 1.82) is 0 Å². The SMILES string of the molecule is COCC(O)=CC(=O)N1CCOCC1.COCC(O)=CC(=O)N1CCOCC1.COCC(O)=CC(=O)N1CCOCC1.[Fe]. The zero-order valence-corrected chi connectivity index (χ0v) is 26.2. The maximum atomic E-state index is 11.5. The minimum absolute atomic E-state index is 0. The molecule has 3 saturated heterocycles.